The highest BCUT2D eigenvalue weighted by Gasteiger charge is 2.44. The Labute approximate surface area is 120 Å². The molecule has 2 unspecified atom stereocenters. The molecule has 3 fully saturated rings. The molecule has 2 atom stereocenters. The predicted octanol–water partition coefficient (Wildman–Crippen LogP) is 1.22. The van der Waals surface area contributed by atoms with Gasteiger partial charge in [0.15, 0.2) is 0 Å². The van der Waals surface area contributed by atoms with Crippen LogP contribution in [-0.4, -0.2) is 47.6 Å². The van der Waals surface area contributed by atoms with E-state index >= 15 is 0 Å². The molecule has 1 aliphatic carbocycles. The van der Waals surface area contributed by atoms with Crippen molar-refractivity contribution in [3.8, 4) is 0 Å². The van der Waals surface area contributed by atoms with Crippen molar-refractivity contribution in [1.82, 2.24) is 10.2 Å². The Morgan fingerprint density at radius 3 is 2.75 bits per heavy atom. The molecule has 2 saturated heterocycles. The van der Waals surface area contributed by atoms with E-state index in [0.717, 1.165) is 25.7 Å². The molecule has 1 saturated carbocycles. The van der Waals surface area contributed by atoms with Gasteiger partial charge in [-0.25, -0.2) is 0 Å². The fraction of sp³-hybridized carbons (Fsp3) is 0.867. The summed E-state index contributed by atoms with van der Waals surface area (Å²) in [6, 6.07) is -0.319. The van der Waals surface area contributed by atoms with E-state index in [2.05, 4.69) is 5.32 Å². The number of piperazine rings is 1. The molecule has 112 valence electrons. The van der Waals surface area contributed by atoms with Crippen LogP contribution in [0.15, 0.2) is 0 Å². The van der Waals surface area contributed by atoms with Gasteiger partial charge in [0.25, 0.3) is 0 Å². The highest BCUT2D eigenvalue weighted by atomic mass is 16.5. The first kappa shape index (κ1) is 13.9. The van der Waals surface area contributed by atoms with Crippen molar-refractivity contribution in [3.05, 3.63) is 0 Å². The first-order chi connectivity index (χ1) is 9.63. The number of rotatable bonds is 3. The molecule has 2 heterocycles. The van der Waals surface area contributed by atoms with E-state index < -0.39 is 0 Å². The number of hydrogen-bond donors (Lipinski definition) is 1. The van der Waals surface area contributed by atoms with Gasteiger partial charge in [0.1, 0.15) is 6.04 Å². The maximum Gasteiger partial charge on any atom is 0.243 e. The molecule has 3 aliphatic rings. The molecular weight excluding hydrogens is 256 g/mol. The molecule has 5 nitrogen and oxygen atoms in total. The van der Waals surface area contributed by atoms with Crippen LogP contribution in [0.5, 0.6) is 0 Å². The third kappa shape index (κ3) is 2.43. The molecule has 0 aromatic carbocycles. The largest absolute Gasteiger partial charge is 0.370 e. The van der Waals surface area contributed by atoms with Crippen molar-refractivity contribution in [2.24, 2.45) is 0 Å². The van der Waals surface area contributed by atoms with Gasteiger partial charge in [-0.15, -0.1) is 0 Å². The van der Waals surface area contributed by atoms with Gasteiger partial charge in [-0.3, -0.25) is 9.59 Å². The van der Waals surface area contributed by atoms with Gasteiger partial charge >= 0.3 is 0 Å². The minimum absolute atomic E-state index is 0.0208. The summed E-state index contributed by atoms with van der Waals surface area (Å²) in [5, 5.41) is 2.67. The summed E-state index contributed by atoms with van der Waals surface area (Å²) >= 11 is 0. The molecule has 5 heteroatoms. The van der Waals surface area contributed by atoms with Gasteiger partial charge in [-0.1, -0.05) is 19.8 Å². The summed E-state index contributed by atoms with van der Waals surface area (Å²) in [5.41, 5.74) is 0.0907. The van der Waals surface area contributed by atoms with Crippen LogP contribution in [0.1, 0.15) is 51.9 Å². The number of ether oxygens (including phenoxy) is 1. The minimum Gasteiger partial charge on any atom is -0.370 e. The van der Waals surface area contributed by atoms with Crippen molar-refractivity contribution in [2.45, 2.75) is 69.6 Å². The zero-order chi connectivity index (χ0) is 14.2. The monoisotopic (exact) mass is 280 g/mol. The number of hydrogen-bond acceptors (Lipinski definition) is 3. The third-order valence-electron chi connectivity index (χ3n) is 5.05. The fourth-order valence-corrected chi connectivity index (χ4v) is 3.96. The summed E-state index contributed by atoms with van der Waals surface area (Å²) in [6.45, 7) is 2.66. The topological polar surface area (TPSA) is 58.6 Å². The van der Waals surface area contributed by atoms with Gasteiger partial charge in [-0.05, 0) is 32.1 Å². The number of carbonyl (C=O) groups excluding carboxylic acids is 2. The molecule has 0 aromatic heterocycles. The molecule has 0 radical (unpaired) electrons. The van der Waals surface area contributed by atoms with Crippen LogP contribution in [0, 0.1) is 0 Å². The Balaban J connectivity index is 1.64. The quantitative estimate of drug-likeness (QED) is 0.845. The van der Waals surface area contributed by atoms with Gasteiger partial charge in [0, 0.05) is 6.54 Å². The maximum absolute atomic E-state index is 12.1. The molecule has 2 aliphatic heterocycles. The van der Waals surface area contributed by atoms with Crippen molar-refractivity contribution < 1.29 is 14.3 Å². The van der Waals surface area contributed by atoms with Crippen molar-refractivity contribution >= 4 is 11.8 Å². The molecular formula is C15H24N2O3. The zero-order valence-corrected chi connectivity index (χ0v) is 12.2. The average Bonchev–Trinajstić information content (AvgIpc) is 3.05. The molecule has 2 amide bonds. The van der Waals surface area contributed by atoms with E-state index in [4.69, 9.17) is 4.74 Å². The number of carbonyl (C=O) groups is 2. The van der Waals surface area contributed by atoms with Crippen molar-refractivity contribution in [1.29, 1.82) is 0 Å². The van der Waals surface area contributed by atoms with Crippen LogP contribution < -0.4 is 5.32 Å². The molecule has 0 aromatic rings. The SMILES string of the molecule is CCC1C(=O)NCC(=O)N1CC1CCC2(CCCC2)O1. The Hall–Kier alpha value is -1.10. The van der Waals surface area contributed by atoms with Crippen LogP contribution in [0.4, 0.5) is 0 Å². The van der Waals surface area contributed by atoms with E-state index in [0.29, 0.717) is 13.0 Å². The van der Waals surface area contributed by atoms with Crippen LogP contribution in [0.3, 0.4) is 0 Å². The molecule has 0 bridgehead atoms. The molecule has 20 heavy (non-hydrogen) atoms. The molecule has 1 spiro atoms. The fourth-order valence-electron chi connectivity index (χ4n) is 3.96. The van der Waals surface area contributed by atoms with E-state index in [1.54, 1.807) is 4.90 Å². The van der Waals surface area contributed by atoms with Crippen LogP contribution >= 0.6 is 0 Å². The summed E-state index contributed by atoms with van der Waals surface area (Å²) < 4.78 is 6.26. The van der Waals surface area contributed by atoms with Crippen molar-refractivity contribution in [3.63, 3.8) is 0 Å². The lowest BCUT2D eigenvalue weighted by molar-refractivity contribution is -0.148. The standard InChI is InChI=1S/C15H24N2O3/c1-2-12-14(19)16-9-13(18)17(12)10-11-5-8-15(20-11)6-3-4-7-15/h11-12H,2-10H2,1H3,(H,16,19). The second-order valence-corrected chi connectivity index (χ2v) is 6.36. The van der Waals surface area contributed by atoms with Gasteiger partial charge in [-0.2, -0.15) is 0 Å². The van der Waals surface area contributed by atoms with E-state index in [1.165, 1.54) is 12.8 Å². The first-order valence-electron chi connectivity index (χ1n) is 7.88. The molecule has 3 rings (SSSR count). The third-order valence-corrected chi connectivity index (χ3v) is 5.05. The Morgan fingerprint density at radius 1 is 1.30 bits per heavy atom. The highest BCUT2D eigenvalue weighted by molar-refractivity contribution is 5.94. The highest BCUT2D eigenvalue weighted by Crippen LogP contribution is 2.43. The lowest BCUT2D eigenvalue weighted by Crippen LogP contribution is -2.59. The summed E-state index contributed by atoms with van der Waals surface area (Å²) in [5.74, 6) is -0.00639. The van der Waals surface area contributed by atoms with Crippen LogP contribution in [-0.2, 0) is 14.3 Å². The Bertz CT molecular complexity index is 404. The lowest BCUT2D eigenvalue weighted by atomic mass is 9.98. The van der Waals surface area contributed by atoms with E-state index in [-0.39, 0.29) is 36.1 Å². The lowest BCUT2D eigenvalue weighted by Gasteiger charge is -2.36. The second-order valence-electron chi connectivity index (χ2n) is 6.36. The van der Waals surface area contributed by atoms with Gasteiger partial charge in [0.05, 0.1) is 18.2 Å². The van der Waals surface area contributed by atoms with Gasteiger partial charge in [0.2, 0.25) is 11.8 Å². The number of amides is 2. The van der Waals surface area contributed by atoms with Crippen LogP contribution in [0.2, 0.25) is 0 Å². The number of nitrogens with zero attached hydrogens (tertiary/aromatic N) is 1. The summed E-state index contributed by atoms with van der Waals surface area (Å²) in [4.78, 5) is 25.7. The summed E-state index contributed by atoms with van der Waals surface area (Å²) in [6.07, 6.45) is 7.74. The van der Waals surface area contributed by atoms with Crippen LogP contribution in [0.25, 0.3) is 0 Å². The van der Waals surface area contributed by atoms with Crippen molar-refractivity contribution in [2.75, 3.05) is 13.1 Å². The molecule has 1 N–H and O–H groups in total. The minimum atomic E-state index is -0.319. The zero-order valence-electron chi connectivity index (χ0n) is 12.2. The first-order valence-corrected chi connectivity index (χ1v) is 7.88. The van der Waals surface area contributed by atoms with E-state index in [9.17, 15) is 9.59 Å². The number of nitrogens with one attached hydrogen (secondary N) is 1. The Kier molecular flexibility index (Phi) is 3.71. The second kappa shape index (κ2) is 5.35. The maximum atomic E-state index is 12.1. The van der Waals surface area contributed by atoms with Gasteiger partial charge < -0.3 is 15.0 Å². The smallest absolute Gasteiger partial charge is 0.243 e. The average molecular weight is 280 g/mol. The normalized spacial score (nSPS) is 33.0. The Morgan fingerprint density at radius 2 is 2.05 bits per heavy atom. The van der Waals surface area contributed by atoms with E-state index in [1.807, 2.05) is 6.92 Å². The summed E-state index contributed by atoms with van der Waals surface area (Å²) in [7, 11) is 0. The predicted molar refractivity (Wildman–Crippen MR) is 74.1 cm³/mol.